The van der Waals surface area contributed by atoms with Gasteiger partial charge in [-0.25, -0.2) is 9.97 Å². The Kier molecular flexibility index (Phi) is 3.48. The molecule has 8 nitrogen and oxygen atoms in total. The van der Waals surface area contributed by atoms with Crippen LogP contribution in [0.2, 0.25) is 0 Å². The fourth-order valence-electron chi connectivity index (χ4n) is 2.02. The fourth-order valence-corrected chi connectivity index (χ4v) is 2.02. The summed E-state index contributed by atoms with van der Waals surface area (Å²) in [5, 5.41) is 18.2. The number of aryl methyl sites for hydroxylation is 1. The largest absolute Gasteiger partial charge is 0.324 e. The van der Waals surface area contributed by atoms with E-state index in [2.05, 4.69) is 20.4 Å². The molecule has 22 heavy (non-hydrogen) atoms. The molecule has 0 saturated heterocycles. The van der Waals surface area contributed by atoms with Crippen LogP contribution < -0.4 is 5.32 Å². The van der Waals surface area contributed by atoms with Crippen molar-refractivity contribution in [1.82, 2.24) is 19.7 Å². The molecule has 0 aliphatic carbocycles. The third-order valence-electron chi connectivity index (χ3n) is 2.99. The van der Waals surface area contributed by atoms with Crippen molar-refractivity contribution in [2.45, 2.75) is 0 Å². The van der Waals surface area contributed by atoms with Crippen molar-refractivity contribution in [1.29, 1.82) is 0 Å². The first-order chi connectivity index (χ1) is 10.6. The van der Waals surface area contributed by atoms with Gasteiger partial charge in [0.25, 0.3) is 5.69 Å². The van der Waals surface area contributed by atoms with Crippen molar-refractivity contribution in [2.75, 3.05) is 5.32 Å². The molecule has 110 valence electrons. The molecular formula is C14H12N6O2. The lowest BCUT2D eigenvalue weighted by molar-refractivity contribution is -0.384. The lowest BCUT2D eigenvalue weighted by Crippen LogP contribution is -1.97. The Bertz CT molecular complexity index is 815. The van der Waals surface area contributed by atoms with Gasteiger partial charge in [-0.3, -0.25) is 14.8 Å². The summed E-state index contributed by atoms with van der Waals surface area (Å²) >= 11 is 0. The Morgan fingerprint density at radius 2 is 1.95 bits per heavy atom. The standard InChI is InChI=1S/C14H12N6O2/c1-19-9-11(8-17-19)10-5-12(7-13(6-10)20(21)22)18-14-15-3-2-4-16-14/h2-9H,1H3,(H,15,16,18). The number of nitro groups is 1. The number of aromatic nitrogens is 4. The van der Waals surface area contributed by atoms with Crippen LogP contribution in [0.5, 0.6) is 0 Å². The zero-order valence-electron chi connectivity index (χ0n) is 11.7. The summed E-state index contributed by atoms with van der Waals surface area (Å²) in [5.41, 5.74) is 2.02. The highest BCUT2D eigenvalue weighted by Crippen LogP contribution is 2.29. The van der Waals surface area contributed by atoms with Crippen molar-refractivity contribution in [3.63, 3.8) is 0 Å². The number of non-ortho nitro benzene ring substituents is 1. The molecule has 2 heterocycles. The Hall–Kier alpha value is -3.29. The molecule has 1 aromatic carbocycles. The molecule has 1 N–H and O–H groups in total. The number of rotatable bonds is 4. The number of anilines is 2. The van der Waals surface area contributed by atoms with Gasteiger partial charge in [0.2, 0.25) is 5.95 Å². The third kappa shape index (κ3) is 2.90. The summed E-state index contributed by atoms with van der Waals surface area (Å²) in [6.07, 6.45) is 6.63. The van der Waals surface area contributed by atoms with Crippen LogP contribution in [0.25, 0.3) is 11.1 Å². The van der Waals surface area contributed by atoms with E-state index in [1.54, 1.807) is 48.6 Å². The Balaban J connectivity index is 2.02. The number of benzene rings is 1. The second-order valence-corrected chi connectivity index (χ2v) is 4.63. The van der Waals surface area contributed by atoms with Crippen LogP contribution in [-0.2, 0) is 7.05 Å². The minimum Gasteiger partial charge on any atom is -0.324 e. The molecule has 0 spiro atoms. The van der Waals surface area contributed by atoms with E-state index in [9.17, 15) is 10.1 Å². The van der Waals surface area contributed by atoms with Crippen molar-refractivity contribution >= 4 is 17.3 Å². The smallest absolute Gasteiger partial charge is 0.272 e. The van der Waals surface area contributed by atoms with E-state index < -0.39 is 4.92 Å². The Labute approximate surface area is 125 Å². The molecule has 0 bridgehead atoms. The highest BCUT2D eigenvalue weighted by atomic mass is 16.6. The molecule has 0 amide bonds. The number of nitrogens with one attached hydrogen (secondary N) is 1. The molecule has 0 atom stereocenters. The zero-order valence-corrected chi connectivity index (χ0v) is 11.7. The molecule has 0 radical (unpaired) electrons. The van der Waals surface area contributed by atoms with Crippen molar-refractivity contribution in [3.8, 4) is 11.1 Å². The van der Waals surface area contributed by atoms with Gasteiger partial charge in [0, 0.05) is 49.0 Å². The minimum atomic E-state index is -0.434. The average molecular weight is 296 g/mol. The maximum atomic E-state index is 11.1. The van der Waals surface area contributed by atoms with Crippen LogP contribution in [0.15, 0.2) is 49.1 Å². The molecular weight excluding hydrogens is 284 g/mol. The molecule has 0 unspecified atom stereocenters. The van der Waals surface area contributed by atoms with E-state index in [0.29, 0.717) is 17.2 Å². The van der Waals surface area contributed by atoms with Crippen LogP contribution in [0.3, 0.4) is 0 Å². The van der Waals surface area contributed by atoms with Gasteiger partial charge in [0.05, 0.1) is 11.1 Å². The maximum absolute atomic E-state index is 11.1. The van der Waals surface area contributed by atoms with Gasteiger partial charge in [-0.2, -0.15) is 5.10 Å². The monoisotopic (exact) mass is 296 g/mol. The van der Waals surface area contributed by atoms with Gasteiger partial charge in [0.15, 0.2) is 0 Å². The van der Waals surface area contributed by atoms with E-state index in [0.717, 1.165) is 5.56 Å². The predicted molar refractivity (Wildman–Crippen MR) is 80.6 cm³/mol. The first-order valence-corrected chi connectivity index (χ1v) is 6.44. The summed E-state index contributed by atoms with van der Waals surface area (Å²) in [6.45, 7) is 0. The molecule has 3 aromatic rings. The van der Waals surface area contributed by atoms with E-state index in [1.165, 1.54) is 12.1 Å². The topological polar surface area (TPSA) is 98.8 Å². The van der Waals surface area contributed by atoms with Gasteiger partial charge in [0.1, 0.15) is 0 Å². The summed E-state index contributed by atoms with van der Waals surface area (Å²) in [7, 11) is 1.79. The van der Waals surface area contributed by atoms with E-state index in [1.807, 2.05) is 0 Å². The van der Waals surface area contributed by atoms with Crippen molar-refractivity contribution < 1.29 is 4.92 Å². The lowest BCUT2D eigenvalue weighted by Gasteiger charge is -2.06. The van der Waals surface area contributed by atoms with Gasteiger partial charge in [-0.1, -0.05) is 0 Å². The van der Waals surface area contributed by atoms with Crippen LogP contribution >= 0.6 is 0 Å². The van der Waals surface area contributed by atoms with Crippen molar-refractivity contribution in [3.05, 3.63) is 59.2 Å². The van der Waals surface area contributed by atoms with Gasteiger partial charge in [-0.15, -0.1) is 0 Å². The number of nitro benzene ring substituents is 1. The van der Waals surface area contributed by atoms with E-state index >= 15 is 0 Å². The maximum Gasteiger partial charge on any atom is 0.272 e. The van der Waals surface area contributed by atoms with Crippen LogP contribution in [0.1, 0.15) is 0 Å². The first kappa shape index (κ1) is 13.7. The van der Waals surface area contributed by atoms with Crippen LogP contribution in [-0.4, -0.2) is 24.7 Å². The molecule has 0 fully saturated rings. The molecule has 0 aliphatic rings. The second kappa shape index (κ2) is 5.60. The fraction of sp³-hybridized carbons (Fsp3) is 0.0714. The van der Waals surface area contributed by atoms with Crippen molar-refractivity contribution in [2.24, 2.45) is 7.05 Å². The summed E-state index contributed by atoms with van der Waals surface area (Å²) in [6, 6.07) is 6.43. The summed E-state index contributed by atoms with van der Waals surface area (Å²) in [5.74, 6) is 0.375. The molecule has 2 aromatic heterocycles. The highest BCUT2D eigenvalue weighted by molar-refractivity contribution is 5.72. The Morgan fingerprint density at radius 1 is 1.18 bits per heavy atom. The first-order valence-electron chi connectivity index (χ1n) is 6.44. The number of hydrogen-bond acceptors (Lipinski definition) is 6. The molecule has 0 saturated carbocycles. The van der Waals surface area contributed by atoms with E-state index in [-0.39, 0.29) is 5.69 Å². The third-order valence-corrected chi connectivity index (χ3v) is 2.99. The molecule has 0 aliphatic heterocycles. The highest BCUT2D eigenvalue weighted by Gasteiger charge is 2.12. The average Bonchev–Trinajstić information content (AvgIpc) is 2.94. The lowest BCUT2D eigenvalue weighted by atomic mass is 10.1. The van der Waals surface area contributed by atoms with Gasteiger partial charge < -0.3 is 5.32 Å². The quantitative estimate of drug-likeness (QED) is 0.586. The normalized spacial score (nSPS) is 10.4. The summed E-state index contributed by atoms with van der Waals surface area (Å²) in [4.78, 5) is 18.8. The van der Waals surface area contributed by atoms with E-state index in [4.69, 9.17) is 0 Å². The number of hydrogen-bond donors (Lipinski definition) is 1. The van der Waals surface area contributed by atoms with Crippen LogP contribution in [0, 0.1) is 10.1 Å². The molecule has 3 rings (SSSR count). The van der Waals surface area contributed by atoms with Gasteiger partial charge >= 0.3 is 0 Å². The van der Waals surface area contributed by atoms with Crippen LogP contribution in [0.4, 0.5) is 17.3 Å². The van der Waals surface area contributed by atoms with Gasteiger partial charge in [-0.05, 0) is 17.7 Å². The zero-order chi connectivity index (χ0) is 15.5. The summed E-state index contributed by atoms with van der Waals surface area (Å²) < 4.78 is 1.64. The predicted octanol–water partition coefficient (Wildman–Crippen LogP) is 2.53. The second-order valence-electron chi connectivity index (χ2n) is 4.63. The molecule has 8 heteroatoms. The Morgan fingerprint density at radius 3 is 2.59 bits per heavy atom. The number of nitrogens with zero attached hydrogens (tertiary/aromatic N) is 5. The SMILES string of the molecule is Cn1cc(-c2cc(Nc3ncccn3)cc([N+](=O)[O-])c2)cn1. The minimum absolute atomic E-state index is 0.0141.